The summed E-state index contributed by atoms with van der Waals surface area (Å²) in [5.41, 5.74) is 1.02. The minimum absolute atomic E-state index is 0.0168. The number of nitrogens with zero attached hydrogens (tertiary/aromatic N) is 1. The molecule has 26 heavy (non-hydrogen) atoms. The number of nitrogens with one attached hydrogen (secondary N) is 1. The van der Waals surface area contributed by atoms with Crippen LogP contribution in [0, 0.1) is 5.82 Å². The molecule has 0 aromatic heterocycles. The summed E-state index contributed by atoms with van der Waals surface area (Å²) in [6.45, 7) is 4.13. The standard InChI is InChI=1S/C20H29FN2O3/c21-17-7-5-16(6-8-17)9-10-22-20(24)15-23(13-18-3-1-11-25-18)14-19-4-2-12-26-19/h5-8,18-19H,1-4,9-15H2,(H,22,24)/t18-,19+. The molecule has 0 radical (unpaired) electrons. The molecule has 0 bridgehead atoms. The highest BCUT2D eigenvalue weighted by molar-refractivity contribution is 5.78. The highest BCUT2D eigenvalue weighted by Gasteiger charge is 2.25. The minimum Gasteiger partial charge on any atom is -0.377 e. The van der Waals surface area contributed by atoms with Crippen molar-refractivity contribution in [3.63, 3.8) is 0 Å². The van der Waals surface area contributed by atoms with Gasteiger partial charge >= 0.3 is 0 Å². The first-order valence-electron chi connectivity index (χ1n) is 9.66. The predicted molar refractivity (Wildman–Crippen MR) is 97.5 cm³/mol. The largest absolute Gasteiger partial charge is 0.377 e. The van der Waals surface area contributed by atoms with Crippen LogP contribution in [-0.2, 0) is 20.7 Å². The summed E-state index contributed by atoms with van der Waals surface area (Å²) in [7, 11) is 0. The molecule has 1 aromatic carbocycles. The molecule has 2 saturated heterocycles. The van der Waals surface area contributed by atoms with Gasteiger partial charge in [-0.25, -0.2) is 4.39 Å². The topological polar surface area (TPSA) is 50.8 Å². The Morgan fingerprint density at radius 2 is 1.69 bits per heavy atom. The molecular weight excluding hydrogens is 335 g/mol. The van der Waals surface area contributed by atoms with Gasteiger partial charge in [0.1, 0.15) is 5.82 Å². The van der Waals surface area contributed by atoms with Gasteiger partial charge in [-0.15, -0.1) is 0 Å². The van der Waals surface area contributed by atoms with Gasteiger partial charge in [0, 0.05) is 32.8 Å². The van der Waals surface area contributed by atoms with E-state index < -0.39 is 0 Å². The molecule has 0 saturated carbocycles. The summed E-state index contributed by atoms with van der Waals surface area (Å²) >= 11 is 0. The second kappa shape index (κ2) is 10.00. The van der Waals surface area contributed by atoms with Crippen LogP contribution < -0.4 is 5.32 Å². The van der Waals surface area contributed by atoms with Crippen molar-refractivity contribution in [3.05, 3.63) is 35.6 Å². The molecule has 3 rings (SSSR count). The summed E-state index contributed by atoms with van der Waals surface area (Å²) in [6, 6.07) is 6.40. The van der Waals surface area contributed by atoms with E-state index in [0.717, 1.165) is 57.6 Å². The molecule has 2 aliphatic heterocycles. The van der Waals surface area contributed by atoms with E-state index in [0.29, 0.717) is 19.5 Å². The van der Waals surface area contributed by atoms with Crippen molar-refractivity contribution in [1.82, 2.24) is 10.2 Å². The van der Waals surface area contributed by atoms with Gasteiger partial charge in [0.2, 0.25) is 5.91 Å². The molecule has 144 valence electrons. The van der Waals surface area contributed by atoms with Crippen LogP contribution in [0.1, 0.15) is 31.2 Å². The van der Waals surface area contributed by atoms with E-state index in [4.69, 9.17) is 9.47 Å². The summed E-state index contributed by atoms with van der Waals surface area (Å²) in [6.07, 6.45) is 5.48. The Bertz CT molecular complexity index is 537. The second-order valence-electron chi connectivity index (χ2n) is 7.19. The number of halogens is 1. The Hall–Kier alpha value is -1.50. The van der Waals surface area contributed by atoms with Gasteiger partial charge in [0.25, 0.3) is 0 Å². The van der Waals surface area contributed by atoms with E-state index in [1.54, 1.807) is 12.1 Å². The lowest BCUT2D eigenvalue weighted by atomic mass is 10.1. The fourth-order valence-electron chi connectivity index (χ4n) is 3.61. The lowest BCUT2D eigenvalue weighted by molar-refractivity contribution is -0.122. The van der Waals surface area contributed by atoms with E-state index in [9.17, 15) is 9.18 Å². The number of carbonyl (C=O) groups excluding carboxylic acids is 1. The van der Waals surface area contributed by atoms with Gasteiger partial charge in [-0.2, -0.15) is 0 Å². The Labute approximate surface area is 154 Å². The number of rotatable bonds is 9. The smallest absolute Gasteiger partial charge is 0.234 e. The Balaban J connectivity index is 1.43. The molecule has 2 heterocycles. The number of carbonyl (C=O) groups is 1. The lowest BCUT2D eigenvalue weighted by Gasteiger charge is -2.27. The van der Waals surface area contributed by atoms with E-state index >= 15 is 0 Å². The second-order valence-corrected chi connectivity index (χ2v) is 7.19. The molecule has 2 aliphatic rings. The van der Waals surface area contributed by atoms with E-state index in [2.05, 4.69) is 10.2 Å². The molecule has 2 atom stereocenters. The zero-order chi connectivity index (χ0) is 18.2. The van der Waals surface area contributed by atoms with Crippen LogP contribution in [0.2, 0.25) is 0 Å². The molecule has 1 aromatic rings. The van der Waals surface area contributed by atoms with Crippen molar-refractivity contribution in [2.24, 2.45) is 0 Å². The first-order chi connectivity index (χ1) is 12.7. The monoisotopic (exact) mass is 364 g/mol. The number of hydrogen-bond acceptors (Lipinski definition) is 4. The molecular formula is C20H29FN2O3. The first kappa shape index (κ1) is 19.3. The summed E-state index contributed by atoms with van der Waals surface area (Å²) in [4.78, 5) is 14.5. The SMILES string of the molecule is O=C(CN(C[C@H]1CCCO1)C[C@@H]1CCCO1)NCCc1ccc(F)cc1. The number of ether oxygens (including phenoxy) is 2. The maximum Gasteiger partial charge on any atom is 0.234 e. The van der Waals surface area contributed by atoms with Crippen molar-refractivity contribution in [2.45, 2.75) is 44.3 Å². The van der Waals surface area contributed by atoms with Crippen LogP contribution in [0.5, 0.6) is 0 Å². The van der Waals surface area contributed by atoms with Crippen molar-refractivity contribution in [3.8, 4) is 0 Å². The molecule has 6 heteroatoms. The Morgan fingerprint density at radius 1 is 1.08 bits per heavy atom. The molecule has 2 fully saturated rings. The lowest BCUT2D eigenvalue weighted by Crippen LogP contribution is -2.44. The van der Waals surface area contributed by atoms with Gasteiger partial charge in [0.15, 0.2) is 0 Å². The van der Waals surface area contributed by atoms with Crippen LogP contribution in [0.3, 0.4) is 0 Å². The third kappa shape index (κ3) is 6.34. The maximum atomic E-state index is 12.9. The van der Waals surface area contributed by atoms with E-state index in [1.165, 1.54) is 12.1 Å². The van der Waals surface area contributed by atoms with E-state index in [-0.39, 0.29) is 23.9 Å². The molecule has 5 nitrogen and oxygen atoms in total. The molecule has 0 aliphatic carbocycles. The average Bonchev–Trinajstić information content (AvgIpc) is 3.31. The molecule has 0 unspecified atom stereocenters. The highest BCUT2D eigenvalue weighted by atomic mass is 19.1. The summed E-state index contributed by atoms with van der Waals surface area (Å²) in [5.74, 6) is -0.222. The third-order valence-corrected chi connectivity index (χ3v) is 4.99. The molecule has 0 spiro atoms. The summed E-state index contributed by atoms with van der Waals surface area (Å²) in [5, 5.41) is 2.97. The van der Waals surface area contributed by atoms with Crippen molar-refractivity contribution in [1.29, 1.82) is 0 Å². The van der Waals surface area contributed by atoms with E-state index in [1.807, 2.05) is 0 Å². The van der Waals surface area contributed by atoms with Gasteiger partial charge in [-0.3, -0.25) is 9.69 Å². The normalized spacial score (nSPS) is 22.8. The zero-order valence-corrected chi connectivity index (χ0v) is 15.3. The van der Waals surface area contributed by atoms with Crippen LogP contribution in [0.4, 0.5) is 4.39 Å². The number of benzene rings is 1. The van der Waals surface area contributed by atoms with Crippen LogP contribution in [0.15, 0.2) is 24.3 Å². The first-order valence-corrected chi connectivity index (χ1v) is 9.66. The minimum atomic E-state index is -0.239. The van der Waals surface area contributed by atoms with Gasteiger partial charge in [0.05, 0.1) is 18.8 Å². The van der Waals surface area contributed by atoms with Crippen LogP contribution in [-0.4, -0.2) is 62.4 Å². The number of hydrogen-bond donors (Lipinski definition) is 1. The molecule has 1 amide bonds. The number of amides is 1. The van der Waals surface area contributed by atoms with Gasteiger partial charge in [-0.05, 0) is 49.8 Å². The van der Waals surface area contributed by atoms with Crippen molar-refractivity contribution >= 4 is 5.91 Å². The zero-order valence-electron chi connectivity index (χ0n) is 15.3. The quantitative estimate of drug-likeness (QED) is 0.729. The van der Waals surface area contributed by atoms with Gasteiger partial charge in [-0.1, -0.05) is 12.1 Å². The Kier molecular flexibility index (Phi) is 7.41. The van der Waals surface area contributed by atoms with Crippen molar-refractivity contribution < 1.29 is 18.7 Å². The van der Waals surface area contributed by atoms with Gasteiger partial charge < -0.3 is 14.8 Å². The Morgan fingerprint density at radius 3 is 2.23 bits per heavy atom. The third-order valence-electron chi connectivity index (χ3n) is 4.99. The summed E-state index contributed by atoms with van der Waals surface area (Å²) < 4.78 is 24.4. The molecule has 1 N–H and O–H groups in total. The fraction of sp³-hybridized carbons (Fsp3) is 0.650. The van der Waals surface area contributed by atoms with Crippen molar-refractivity contribution in [2.75, 3.05) is 39.4 Å². The highest BCUT2D eigenvalue weighted by Crippen LogP contribution is 2.17. The predicted octanol–water partition coefficient (Wildman–Crippen LogP) is 2.14. The van der Waals surface area contributed by atoms with Crippen LogP contribution >= 0.6 is 0 Å². The average molecular weight is 364 g/mol. The maximum absolute atomic E-state index is 12.9. The fourth-order valence-corrected chi connectivity index (χ4v) is 3.61. The van der Waals surface area contributed by atoms with Crippen LogP contribution in [0.25, 0.3) is 0 Å².